The van der Waals surface area contributed by atoms with Crippen LogP contribution < -0.4 is 15.2 Å². The number of sulfonamides is 1. The zero-order chi connectivity index (χ0) is 16.8. The van der Waals surface area contributed by atoms with Crippen LogP contribution in [0.5, 0.6) is 5.75 Å². The van der Waals surface area contributed by atoms with Crippen LogP contribution in [0.4, 0.5) is 0 Å². The number of carbonyl (C=O) groups is 2. The molecule has 22 heavy (non-hydrogen) atoms. The molecule has 9 heteroatoms. The molecule has 0 unspecified atom stereocenters. The third-order valence-electron chi connectivity index (χ3n) is 2.72. The van der Waals surface area contributed by atoms with Gasteiger partial charge in [0, 0.05) is 6.42 Å². The van der Waals surface area contributed by atoms with Crippen LogP contribution in [-0.2, 0) is 19.6 Å². The Labute approximate surface area is 128 Å². The van der Waals surface area contributed by atoms with E-state index in [4.69, 9.17) is 15.6 Å². The van der Waals surface area contributed by atoms with Gasteiger partial charge in [-0.1, -0.05) is 0 Å². The summed E-state index contributed by atoms with van der Waals surface area (Å²) in [6.45, 7) is 2.24. The minimum Gasteiger partial charge on any atom is -0.494 e. The number of carboxylic acid groups (broad SMARTS) is 1. The fraction of sp³-hybridized carbons (Fsp3) is 0.385. The highest BCUT2D eigenvalue weighted by atomic mass is 32.2. The molecule has 1 atom stereocenters. The molecular weight excluding hydrogens is 312 g/mol. The second-order valence-corrected chi connectivity index (χ2v) is 6.14. The number of aliphatic carboxylic acids is 1. The molecule has 1 amide bonds. The van der Waals surface area contributed by atoms with E-state index in [-0.39, 0.29) is 17.7 Å². The van der Waals surface area contributed by atoms with Crippen molar-refractivity contribution in [1.29, 1.82) is 0 Å². The van der Waals surface area contributed by atoms with E-state index in [1.165, 1.54) is 24.3 Å². The monoisotopic (exact) mass is 330 g/mol. The Balaban J connectivity index is 2.87. The van der Waals surface area contributed by atoms with Crippen molar-refractivity contribution in [2.45, 2.75) is 30.7 Å². The maximum absolute atomic E-state index is 12.1. The van der Waals surface area contributed by atoms with Crippen LogP contribution in [0.25, 0.3) is 0 Å². The summed E-state index contributed by atoms with van der Waals surface area (Å²) in [5, 5.41) is 9.01. The number of rotatable bonds is 9. The van der Waals surface area contributed by atoms with E-state index in [2.05, 4.69) is 0 Å². The lowest BCUT2D eigenvalue weighted by atomic mass is 10.2. The van der Waals surface area contributed by atoms with Crippen molar-refractivity contribution in [2.24, 2.45) is 5.73 Å². The van der Waals surface area contributed by atoms with Crippen LogP contribution in [0.15, 0.2) is 29.2 Å². The zero-order valence-electron chi connectivity index (χ0n) is 12.0. The molecule has 0 aromatic heterocycles. The third-order valence-corrected chi connectivity index (χ3v) is 4.21. The molecule has 0 heterocycles. The summed E-state index contributed by atoms with van der Waals surface area (Å²) >= 11 is 0. The average Bonchev–Trinajstić information content (AvgIpc) is 2.44. The SMILES string of the molecule is CCOc1ccc(S(=O)(=O)N[C@H](CCC(N)=O)C(=O)O)cc1. The van der Waals surface area contributed by atoms with Crippen molar-refractivity contribution in [1.82, 2.24) is 4.72 Å². The van der Waals surface area contributed by atoms with E-state index in [1.807, 2.05) is 4.72 Å². The first-order chi connectivity index (χ1) is 10.3. The summed E-state index contributed by atoms with van der Waals surface area (Å²) in [4.78, 5) is 21.7. The number of primary amides is 1. The molecule has 4 N–H and O–H groups in total. The summed E-state index contributed by atoms with van der Waals surface area (Å²) in [6, 6.07) is 4.12. The van der Waals surface area contributed by atoms with Crippen molar-refractivity contribution in [3.63, 3.8) is 0 Å². The molecule has 122 valence electrons. The van der Waals surface area contributed by atoms with Crippen molar-refractivity contribution in [3.8, 4) is 5.75 Å². The summed E-state index contributed by atoms with van der Waals surface area (Å²) in [6.07, 6.45) is -0.455. The Morgan fingerprint density at radius 2 is 1.91 bits per heavy atom. The molecule has 1 aromatic rings. The van der Waals surface area contributed by atoms with Gasteiger partial charge in [0.25, 0.3) is 0 Å². The number of hydrogen-bond donors (Lipinski definition) is 3. The lowest BCUT2D eigenvalue weighted by molar-refractivity contribution is -0.139. The van der Waals surface area contributed by atoms with E-state index in [9.17, 15) is 18.0 Å². The number of amides is 1. The summed E-state index contributed by atoms with van der Waals surface area (Å²) in [5.41, 5.74) is 4.94. The molecule has 8 nitrogen and oxygen atoms in total. The lowest BCUT2D eigenvalue weighted by Gasteiger charge is -2.14. The molecular formula is C13H18N2O6S. The Morgan fingerprint density at radius 1 is 1.32 bits per heavy atom. The predicted octanol–water partition coefficient (Wildman–Crippen LogP) is 0.0823. The van der Waals surface area contributed by atoms with Crippen molar-refractivity contribution >= 4 is 21.9 Å². The van der Waals surface area contributed by atoms with E-state index in [0.717, 1.165) is 0 Å². The van der Waals surface area contributed by atoms with Crippen molar-refractivity contribution < 1.29 is 27.9 Å². The number of nitrogens with one attached hydrogen (secondary N) is 1. The number of benzene rings is 1. The number of carbonyl (C=O) groups excluding carboxylic acids is 1. The minimum absolute atomic E-state index is 0.0960. The first-order valence-electron chi connectivity index (χ1n) is 6.52. The van der Waals surface area contributed by atoms with Gasteiger partial charge in [-0.2, -0.15) is 4.72 Å². The lowest BCUT2D eigenvalue weighted by Crippen LogP contribution is -2.41. The standard InChI is InChI=1S/C13H18N2O6S/c1-2-21-9-3-5-10(6-4-9)22(19,20)15-11(13(17)18)7-8-12(14)16/h3-6,11,15H,2,7-8H2,1H3,(H2,14,16)(H,17,18)/t11-/m1/s1. The maximum Gasteiger partial charge on any atom is 0.321 e. The van der Waals surface area contributed by atoms with Crippen molar-refractivity contribution in [2.75, 3.05) is 6.61 Å². The van der Waals surface area contributed by atoms with Gasteiger partial charge in [-0.3, -0.25) is 9.59 Å². The van der Waals surface area contributed by atoms with Gasteiger partial charge in [-0.25, -0.2) is 8.42 Å². The molecule has 0 saturated heterocycles. The number of carboxylic acids is 1. The fourth-order valence-electron chi connectivity index (χ4n) is 1.66. The first-order valence-corrected chi connectivity index (χ1v) is 8.01. The molecule has 0 saturated carbocycles. The highest BCUT2D eigenvalue weighted by Crippen LogP contribution is 2.16. The van der Waals surface area contributed by atoms with Gasteiger partial charge in [-0.15, -0.1) is 0 Å². The molecule has 0 aliphatic carbocycles. The third kappa shape index (κ3) is 5.34. The largest absolute Gasteiger partial charge is 0.494 e. The smallest absolute Gasteiger partial charge is 0.321 e. The average molecular weight is 330 g/mol. The number of nitrogens with two attached hydrogens (primary N) is 1. The van der Waals surface area contributed by atoms with Crippen LogP contribution in [0.2, 0.25) is 0 Å². The van der Waals surface area contributed by atoms with Gasteiger partial charge in [0.05, 0.1) is 11.5 Å². The second kappa shape index (κ2) is 7.76. The van der Waals surface area contributed by atoms with Crippen molar-refractivity contribution in [3.05, 3.63) is 24.3 Å². The Bertz CT molecular complexity index is 626. The zero-order valence-corrected chi connectivity index (χ0v) is 12.8. The summed E-state index contributed by atoms with van der Waals surface area (Å²) in [7, 11) is -4.02. The van der Waals surface area contributed by atoms with Crippen LogP contribution in [0, 0.1) is 0 Å². The van der Waals surface area contributed by atoms with Gasteiger partial charge in [0.1, 0.15) is 11.8 Å². The van der Waals surface area contributed by atoms with Crippen LogP contribution in [0.1, 0.15) is 19.8 Å². The molecule has 0 aliphatic rings. The summed E-state index contributed by atoms with van der Waals surface area (Å²) < 4.78 is 31.5. The highest BCUT2D eigenvalue weighted by molar-refractivity contribution is 7.89. The first kappa shape index (κ1) is 17.9. The van der Waals surface area contributed by atoms with Gasteiger partial charge in [0.15, 0.2) is 0 Å². The fourth-order valence-corrected chi connectivity index (χ4v) is 2.88. The van der Waals surface area contributed by atoms with E-state index in [0.29, 0.717) is 12.4 Å². The maximum atomic E-state index is 12.1. The van der Waals surface area contributed by atoms with Crippen LogP contribution >= 0.6 is 0 Å². The van der Waals surface area contributed by atoms with Gasteiger partial charge in [0.2, 0.25) is 15.9 Å². The summed E-state index contributed by atoms with van der Waals surface area (Å²) in [5.74, 6) is -1.58. The second-order valence-electron chi connectivity index (χ2n) is 4.42. The molecule has 0 spiro atoms. The molecule has 1 aromatic carbocycles. The number of hydrogen-bond acceptors (Lipinski definition) is 5. The highest BCUT2D eigenvalue weighted by Gasteiger charge is 2.25. The topological polar surface area (TPSA) is 136 Å². The van der Waals surface area contributed by atoms with Gasteiger partial charge in [-0.05, 0) is 37.6 Å². The molecule has 0 aliphatic heterocycles. The molecule has 0 bridgehead atoms. The molecule has 1 rings (SSSR count). The Kier molecular flexibility index (Phi) is 6.32. The molecule has 0 fully saturated rings. The van der Waals surface area contributed by atoms with Crippen LogP contribution in [-0.4, -0.2) is 38.0 Å². The van der Waals surface area contributed by atoms with Crippen LogP contribution in [0.3, 0.4) is 0 Å². The minimum atomic E-state index is -4.02. The molecule has 0 radical (unpaired) electrons. The Morgan fingerprint density at radius 3 is 2.36 bits per heavy atom. The van der Waals surface area contributed by atoms with E-state index >= 15 is 0 Å². The van der Waals surface area contributed by atoms with E-state index < -0.39 is 27.9 Å². The number of ether oxygens (including phenoxy) is 1. The van der Waals surface area contributed by atoms with Gasteiger partial charge >= 0.3 is 5.97 Å². The predicted molar refractivity (Wildman–Crippen MR) is 77.8 cm³/mol. The quantitative estimate of drug-likeness (QED) is 0.587. The Hall–Kier alpha value is -2.13. The normalized spacial score (nSPS) is 12.6. The van der Waals surface area contributed by atoms with Gasteiger partial charge < -0.3 is 15.6 Å². The van der Waals surface area contributed by atoms with E-state index in [1.54, 1.807) is 6.92 Å².